The van der Waals surface area contributed by atoms with Crippen LogP contribution in [0, 0.1) is 27.7 Å². The van der Waals surface area contributed by atoms with Gasteiger partial charge in [-0.2, -0.15) is 0 Å². The van der Waals surface area contributed by atoms with Crippen molar-refractivity contribution < 1.29 is 9.47 Å². The molecular weight excluding hydrogens is 585 g/mol. The molecule has 0 bridgehead atoms. The molecule has 48 heavy (non-hydrogen) atoms. The molecule has 8 rings (SSSR count). The summed E-state index contributed by atoms with van der Waals surface area (Å²) in [6, 6.07) is 39.6. The fourth-order valence-corrected chi connectivity index (χ4v) is 8.07. The summed E-state index contributed by atoms with van der Waals surface area (Å²) in [7, 11) is 0. The molecule has 0 saturated carbocycles. The number of aryl methyl sites for hydroxylation is 4. The normalized spacial score (nSPS) is 14.9. The smallest absolute Gasteiger partial charge is 0.139 e. The third-order valence-electron chi connectivity index (χ3n) is 11.0. The average molecular weight is 627 g/mol. The number of benzene rings is 6. The molecule has 2 nitrogen and oxygen atoms in total. The molecule has 238 valence electrons. The Hall–Kier alpha value is -5.08. The van der Waals surface area contributed by atoms with Crippen molar-refractivity contribution in [1.29, 1.82) is 0 Å². The number of fused-ring (bicyclic) bond motifs is 4. The molecule has 2 heterocycles. The lowest BCUT2D eigenvalue weighted by Crippen LogP contribution is -2.24. The standard InChI is InChI=1S/C46H42O2/c1-27-17-21-31(41-29(3)19-23-37-43(41)47-39-15-11-9-13-35(39)45(37,5)6)25-33(27)34-26-32(22-18-28(34)2)42-30(4)20-24-38-44(42)48-40-16-12-10-14-36(40)46(38,7)8/h9-26H,1-8H3. The van der Waals surface area contributed by atoms with E-state index < -0.39 is 0 Å². The van der Waals surface area contributed by atoms with Gasteiger partial charge >= 0.3 is 0 Å². The van der Waals surface area contributed by atoms with Crippen molar-refractivity contribution in [3.8, 4) is 56.4 Å². The molecular formula is C46H42O2. The predicted molar refractivity (Wildman–Crippen MR) is 199 cm³/mol. The van der Waals surface area contributed by atoms with Crippen molar-refractivity contribution >= 4 is 0 Å². The summed E-state index contributed by atoms with van der Waals surface area (Å²) in [6.07, 6.45) is 0. The Morgan fingerprint density at radius 2 is 0.771 bits per heavy atom. The topological polar surface area (TPSA) is 18.5 Å². The fourth-order valence-electron chi connectivity index (χ4n) is 8.07. The maximum Gasteiger partial charge on any atom is 0.139 e. The molecule has 0 aromatic heterocycles. The summed E-state index contributed by atoms with van der Waals surface area (Å²) < 4.78 is 13.5. The van der Waals surface area contributed by atoms with Gasteiger partial charge in [0.15, 0.2) is 0 Å². The molecule has 6 aromatic carbocycles. The zero-order valence-corrected chi connectivity index (χ0v) is 29.2. The molecule has 0 amide bonds. The van der Waals surface area contributed by atoms with Crippen LogP contribution < -0.4 is 9.47 Å². The second-order valence-electron chi connectivity index (χ2n) is 14.8. The molecule has 2 heteroatoms. The fraction of sp³-hybridized carbons (Fsp3) is 0.217. The number of rotatable bonds is 3. The van der Waals surface area contributed by atoms with E-state index >= 15 is 0 Å². The molecule has 0 fully saturated rings. The average Bonchev–Trinajstić information content (AvgIpc) is 3.06. The van der Waals surface area contributed by atoms with E-state index in [0.717, 1.165) is 34.1 Å². The van der Waals surface area contributed by atoms with Crippen LogP contribution in [-0.4, -0.2) is 0 Å². The van der Waals surface area contributed by atoms with Gasteiger partial charge in [0, 0.05) is 44.2 Å². The molecule has 0 N–H and O–H groups in total. The van der Waals surface area contributed by atoms with Crippen LogP contribution in [0.3, 0.4) is 0 Å². The van der Waals surface area contributed by atoms with Crippen LogP contribution in [0.25, 0.3) is 33.4 Å². The van der Waals surface area contributed by atoms with Gasteiger partial charge in [-0.3, -0.25) is 0 Å². The lowest BCUT2D eigenvalue weighted by Gasteiger charge is -2.36. The summed E-state index contributed by atoms with van der Waals surface area (Å²) in [6.45, 7) is 18.0. The van der Waals surface area contributed by atoms with Crippen molar-refractivity contribution in [2.24, 2.45) is 0 Å². The number of para-hydroxylation sites is 2. The van der Waals surface area contributed by atoms with Crippen LogP contribution >= 0.6 is 0 Å². The highest BCUT2D eigenvalue weighted by Gasteiger charge is 2.37. The van der Waals surface area contributed by atoms with Crippen LogP contribution in [0.4, 0.5) is 0 Å². The Kier molecular flexibility index (Phi) is 6.76. The summed E-state index contributed by atoms with van der Waals surface area (Å²) in [5.74, 6) is 3.80. The number of ether oxygens (including phenoxy) is 2. The Bertz CT molecular complexity index is 2120. The Morgan fingerprint density at radius 1 is 0.396 bits per heavy atom. The summed E-state index contributed by atoms with van der Waals surface area (Å²) in [5.41, 5.74) is 16.5. The Labute approximate surface area is 285 Å². The van der Waals surface area contributed by atoms with Gasteiger partial charge in [-0.25, -0.2) is 0 Å². The molecule has 0 atom stereocenters. The summed E-state index contributed by atoms with van der Waals surface area (Å²) >= 11 is 0. The van der Waals surface area contributed by atoms with Gasteiger partial charge in [0.25, 0.3) is 0 Å². The highest BCUT2D eigenvalue weighted by atomic mass is 16.5. The Morgan fingerprint density at radius 3 is 1.19 bits per heavy atom. The van der Waals surface area contributed by atoms with Crippen LogP contribution in [-0.2, 0) is 10.8 Å². The maximum atomic E-state index is 6.75. The van der Waals surface area contributed by atoms with Crippen LogP contribution in [0.2, 0.25) is 0 Å². The molecule has 2 aliphatic rings. The third-order valence-corrected chi connectivity index (χ3v) is 11.0. The van der Waals surface area contributed by atoms with E-state index in [2.05, 4.69) is 165 Å². The van der Waals surface area contributed by atoms with E-state index in [-0.39, 0.29) is 10.8 Å². The van der Waals surface area contributed by atoms with Crippen molar-refractivity contribution in [3.63, 3.8) is 0 Å². The van der Waals surface area contributed by atoms with E-state index in [4.69, 9.17) is 9.47 Å². The zero-order valence-electron chi connectivity index (χ0n) is 29.2. The van der Waals surface area contributed by atoms with Gasteiger partial charge in [0.05, 0.1) is 0 Å². The molecule has 0 spiro atoms. The van der Waals surface area contributed by atoms with Crippen molar-refractivity contribution in [2.75, 3.05) is 0 Å². The minimum absolute atomic E-state index is 0.172. The molecule has 2 aliphatic heterocycles. The highest BCUT2D eigenvalue weighted by Crippen LogP contribution is 2.54. The SMILES string of the molecule is Cc1ccc(-c2c(C)ccc3c2Oc2ccccc2C3(C)C)cc1-c1cc(-c2c(C)ccc3c2Oc2ccccc2C3(C)C)ccc1C. The zero-order chi connectivity index (χ0) is 33.5. The molecule has 0 radical (unpaired) electrons. The summed E-state index contributed by atoms with van der Waals surface area (Å²) in [4.78, 5) is 0. The minimum atomic E-state index is -0.172. The Balaban J connectivity index is 1.28. The van der Waals surface area contributed by atoms with E-state index in [9.17, 15) is 0 Å². The highest BCUT2D eigenvalue weighted by molar-refractivity contribution is 5.87. The lowest BCUT2D eigenvalue weighted by atomic mass is 9.74. The second kappa shape index (κ2) is 10.7. The summed E-state index contributed by atoms with van der Waals surface area (Å²) in [5, 5.41) is 0. The first-order chi connectivity index (χ1) is 23.0. The van der Waals surface area contributed by atoms with E-state index in [1.807, 2.05) is 0 Å². The third kappa shape index (κ3) is 4.46. The molecule has 0 unspecified atom stereocenters. The van der Waals surface area contributed by atoms with Crippen LogP contribution in [0.1, 0.15) is 72.2 Å². The molecule has 0 aliphatic carbocycles. The minimum Gasteiger partial charge on any atom is -0.456 e. The van der Waals surface area contributed by atoms with Gasteiger partial charge in [0.2, 0.25) is 0 Å². The lowest BCUT2D eigenvalue weighted by molar-refractivity contribution is 0.419. The van der Waals surface area contributed by atoms with Crippen molar-refractivity contribution in [3.05, 3.63) is 154 Å². The molecule has 6 aromatic rings. The van der Waals surface area contributed by atoms with Crippen molar-refractivity contribution in [2.45, 2.75) is 66.2 Å². The number of hydrogen-bond acceptors (Lipinski definition) is 2. The monoisotopic (exact) mass is 626 g/mol. The van der Waals surface area contributed by atoms with Crippen LogP contribution in [0.15, 0.2) is 109 Å². The van der Waals surface area contributed by atoms with E-state index in [1.165, 1.54) is 66.8 Å². The largest absolute Gasteiger partial charge is 0.456 e. The first-order valence-electron chi connectivity index (χ1n) is 17.0. The van der Waals surface area contributed by atoms with Gasteiger partial charge < -0.3 is 9.47 Å². The maximum absolute atomic E-state index is 6.75. The van der Waals surface area contributed by atoms with Gasteiger partial charge in [-0.1, -0.05) is 113 Å². The first-order valence-corrected chi connectivity index (χ1v) is 17.0. The van der Waals surface area contributed by atoms with E-state index in [1.54, 1.807) is 0 Å². The van der Waals surface area contributed by atoms with Crippen LogP contribution in [0.5, 0.6) is 23.0 Å². The van der Waals surface area contributed by atoms with E-state index in [0.29, 0.717) is 0 Å². The van der Waals surface area contributed by atoms with Crippen molar-refractivity contribution in [1.82, 2.24) is 0 Å². The van der Waals surface area contributed by atoms with Gasteiger partial charge in [-0.15, -0.1) is 0 Å². The van der Waals surface area contributed by atoms with Gasteiger partial charge in [-0.05, 0) is 96.5 Å². The quantitative estimate of drug-likeness (QED) is 0.195. The molecule has 0 saturated heterocycles. The number of hydrogen-bond donors (Lipinski definition) is 0. The first kappa shape index (κ1) is 30.3. The predicted octanol–water partition coefficient (Wildman–Crippen LogP) is 12.8. The van der Waals surface area contributed by atoms with Gasteiger partial charge in [0.1, 0.15) is 23.0 Å². The second-order valence-corrected chi connectivity index (χ2v) is 14.8.